The number of rotatable bonds is 8. The van der Waals surface area contributed by atoms with Gasteiger partial charge >= 0.3 is 0 Å². The number of nitrogens with zero attached hydrogens (tertiary/aromatic N) is 1. The number of halogens is 2. The average molecular weight is 519 g/mol. The van der Waals surface area contributed by atoms with Crippen molar-refractivity contribution in [2.45, 2.75) is 25.6 Å². The van der Waals surface area contributed by atoms with E-state index >= 15 is 0 Å². The van der Waals surface area contributed by atoms with Gasteiger partial charge in [0.1, 0.15) is 5.82 Å². The summed E-state index contributed by atoms with van der Waals surface area (Å²) in [5.41, 5.74) is 2.22. The van der Waals surface area contributed by atoms with E-state index in [1.165, 1.54) is 6.07 Å². The Morgan fingerprint density at radius 1 is 1.07 bits per heavy atom. The van der Waals surface area contributed by atoms with Gasteiger partial charge in [-0.05, 0) is 36.1 Å². The van der Waals surface area contributed by atoms with Gasteiger partial charge in [0.15, 0.2) is 15.8 Å². The second-order valence-electron chi connectivity index (χ2n) is 6.37. The van der Waals surface area contributed by atoms with Crippen LogP contribution < -0.4 is 10.6 Å². The van der Waals surface area contributed by atoms with Crippen LogP contribution in [0.15, 0.2) is 53.5 Å². The van der Waals surface area contributed by atoms with Crippen LogP contribution in [-0.2, 0) is 22.1 Å². The second kappa shape index (κ2) is 12.0. The van der Waals surface area contributed by atoms with E-state index in [-0.39, 0.29) is 41.3 Å². The summed E-state index contributed by atoms with van der Waals surface area (Å²) in [6, 6.07) is 14.2. The summed E-state index contributed by atoms with van der Waals surface area (Å²) in [6.45, 7) is 2.64. The Morgan fingerprint density at radius 2 is 1.79 bits per heavy atom. The maximum Gasteiger partial charge on any atom is 0.191 e. The van der Waals surface area contributed by atoms with Gasteiger partial charge in [0.2, 0.25) is 0 Å². The largest absolute Gasteiger partial charge is 0.356 e. The van der Waals surface area contributed by atoms with Crippen molar-refractivity contribution in [3.8, 4) is 0 Å². The quantitative estimate of drug-likeness (QED) is 0.243. The van der Waals surface area contributed by atoms with Crippen molar-refractivity contribution in [2.75, 3.05) is 19.3 Å². The minimum absolute atomic E-state index is 0. The van der Waals surface area contributed by atoms with Crippen molar-refractivity contribution in [3.63, 3.8) is 0 Å². The zero-order valence-electron chi connectivity index (χ0n) is 16.1. The normalized spacial score (nSPS) is 11.6. The van der Waals surface area contributed by atoms with Crippen LogP contribution in [0.2, 0.25) is 0 Å². The summed E-state index contributed by atoms with van der Waals surface area (Å²) in [7, 11) is -1.51. The first-order chi connectivity index (χ1) is 12.9. The monoisotopic (exact) mass is 519 g/mol. The molecule has 5 nitrogen and oxygen atoms in total. The van der Waals surface area contributed by atoms with Gasteiger partial charge in [-0.15, -0.1) is 24.0 Å². The van der Waals surface area contributed by atoms with Crippen molar-refractivity contribution in [2.24, 2.45) is 4.99 Å². The summed E-state index contributed by atoms with van der Waals surface area (Å²) in [5.74, 6) is 0.479. The van der Waals surface area contributed by atoms with Crippen molar-refractivity contribution in [1.82, 2.24) is 10.6 Å². The van der Waals surface area contributed by atoms with Crippen LogP contribution in [0.4, 0.5) is 4.39 Å². The van der Waals surface area contributed by atoms with Gasteiger partial charge in [-0.1, -0.05) is 42.5 Å². The Hall–Kier alpha value is -1.68. The molecule has 28 heavy (non-hydrogen) atoms. The van der Waals surface area contributed by atoms with Gasteiger partial charge in [0, 0.05) is 20.1 Å². The minimum Gasteiger partial charge on any atom is -0.356 e. The predicted octanol–water partition coefficient (Wildman–Crippen LogP) is 3.42. The number of aliphatic imine (C=N–C) groups is 1. The standard InChI is InChI=1S/C20H26FN3O2S.HI/c1-16-9-10-18(13-19(16)21)14-24-20(22-2)23-11-6-12-27(25,26)15-17-7-4-3-5-8-17;/h3-5,7-10,13H,6,11-12,14-15H2,1-2H3,(H2,22,23,24);1H. The molecule has 0 atom stereocenters. The average Bonchev–Trinajstić information content (AvgIpc) is 2.64. The summed E-state index contributed by atoms with van der Waals surface area (Å²) in [6.07, 6.45) is 0.481. The van der Waals surface area contributed by atoms with E-state index in [0.717, 1.165) is 11.1 Å². The van der Waals surface area contributed by atoms with Crippen molar-refractivity contribution < 1.29 is 12.8 Å². The summed E-state index contributed by atoms with van der Waals surface area (Å²) in [5, 5.41) is 6.18. The third-order valence-corrected chi connectivity index (χ3v) is 5.76. The minimum atomic E-state index is -3.15. The third kappa shape index (κ3) is 8.55. The molecule has 0 spiro atoms. The van der Waals surface area contributed by atoms with E-state index in [2.05, 4.69) is 15.6 Å². The highest BCUT2D eigenvalue weighted by atomic mass is 127. The van der Waals surface area contributed by atoms with Gasteiger partial charge < -0.3 is 10.6 Å². The lowest BCUT2D eigenvalue weighted by Gasteiger charge is -2.12. The summed E-state index contributed by atoms with van der Waals surface area (Å²) >= 11 is 0. The molecular formula is C20H27FIN3O2S. The molecule has 0 unspecified atom stereocenters. The zero-order chi connectivity index (χ0) is 19.7. The van der Waals surface area contributed by atoms with Crippen LogP contribution in [0, 0.1) is 12.7 Å². The Balaban J connectivity index is 0.00000392. The van der Waals surface area contributed by atoms with Gasteiger partial charge in [-0.3, -0.25) is 4.99 Å². The second-order valence-corrected chi connectivity index (χ2v) is 8.55. The molecule has 0 aliphatic heterocycles. The highest BCUT2D eigenvalue weighted by molar-refractivity contribution is 14.0. The molecule has 0 aromatic heterocycles. The molecule has 0 amide bonds. The van der Waals surface area contributed by atoms with Crippen LogP contribution >= 0.6 is 24.0 Å². The van der Waals surface area contributed by atoms with Crippen LogP contribution in [0.3, 0.4) is 0 Å². The van der Waals surface area contributed by atoms with Crippen LogP contribution in [0.1, 0.15) is 23.1 Å². The Morgan fingerprint density at radius 3 is 2.43 bits per heavy atom. The summed E-state index contributed by atoms with van der Waals surface area (Å²) < 4.78 is 37.9. The smallest absolute Gasteiger partial charge is 0.191 e. The van der Waals surface area contributed by atoms with E-state index < -0.39 is 9.84 Å². The molecule has 0 saturated carbocycles. The number of hydrogen-bond donors (Lipinski definition) is 2. The Bertz CT molecular complexity index is 874. The van der Waals surface area contributed by atoms with Crippen molar-refractivity contribution in [3.05, 3.63) is 71.0 Å². The first kappa shape index (κ1) is 24.4. The number of sulfone groups is 1. The fourth-order valence-electron chi connectivity index (χ4n) is 2.55. The highest BCUT2D eigenvalue weighted by Gasteiger charge is 2.11. The van der Waals surface area contributed by atoms with E-state index in [1.54, 1.807) is 20.0 Å². The molecular weight excluding hydrogens is 492 g/mol. The number of nitrogens with one attached hydrogen (secondary N) is 2. The third-order valence-electron chi connectivity index (χ3n) is 4.07. The fraction of sp³-hybridized carbons (Fsp3) is 0.350. The van der Waals surface area contributed by atoms with E-state index in [9.17, 15) is 12.8 Å². The van der Waals surface area contributed by atoms with E-state index in [1.807, 2.05) is 36.4 Å². The first-order valence-corrected chi connectivity index (χ1v) is 10.7. The molecule has 2 N–H and O–H groups in total. The molecule has 8 heteroatoms. The molecule has 2 aromatic carbocycles. The molecule has 0 aliphatic rings. The van der Waals surface area contributed by atoms with Crippen molar-refractivity contribution in [1.29, 1.82) is 0 Å². The molecule has 2 aromatic rings. The van der Waals surface area contributed by atoms with Crippen LogP contribution in [0.5, 0.6) is 0 Å². The lowest BCUT2D eigenvalue weighted by Crippen LogP contribution is -2.37. The number of guanidine groups is 1. The molecule has 0 radical (unpaired) electrons. The Kier molecular flexibility index (Phi) is 10.4. The molecule has 0 bridgehead atoms. The lowest BCUT2D eigenvalue weighted by molar-refractivity contribution is 0.591. The topological polar surface area (TPSA) is 70.6 Å². The molecule has 0 heterocycles. The fourth-order valence-corrected chi connectivity index (χ4v) is 3.98. The molecule has 2 rings (SSSR count). The first-order valence-electron chi connectivity index (χ1n) is 8.83. The molecule has 0 fully saturated rings. The molecule has 154 valence electrons. The van der Waals surface area contributed by atoms with Gasteiger partial charge in [-0.2, -0.15) is 0 Å². The predicted molar refractivity (Wildman–Crippen MR) is 123 cm³/mol. The Labute approximate surface area is 183 Å². The van der Waals surface area contributed by atoms with Crippen molar-refractivity contribution >= 4 is 39.8 Å². The van der Waals surface area contributed by atoms with Gasteiger partial charge in [-0.25, -0.2) is 12.8 Å². The van der Waals surface area contributed by atoms with E-state index in [4.69, 9.17) is 0 Å². The molecule has 0 saturated heterocycles. The zero-order valence-corrected chi connectivity index (χ0v) is 19.3. The van der Waals surface area contributed by atoms with Crippen LogP contribution in [0.25, 0.3) is 0 Å². The number of aryl methyl sites for hydroxylation is 1. The molecule has 0 aliphatic carbocycles. The maximum atomic E-state index is 13.6. The maximum absolute atomic E-state index is 13.6. The van der Waals surface area contributed by atoms with Gasteiger partial charge in [0.25, 0.3) is 0 Å². The van der Waals surface area contributed by atoms with Gasteiger partial charge in [0.05, 0.1) is 11.5 Å². The van der Waals surface area contributed by atoms with Crippen LogP contribution in [-0.4, -0.2) is 33.7 Å². The summed E-state index contributed by atoms with van der Waals surface area (Å²) in [4.78, 5) is 4.10. The number of benzene rings is 2. The van der Waals surface area contributed by atoms with E-state index in [0.29, 0.717) is 31.0 Å². The lowest BCUT2D eigenvalue weighted by atomic mass is 10.1. The SMILES string of the molecule is CN=C(NCCCS(=O)(=O)Cc1ccccc1)NCc1ccc(C)c(F)c1.I. The highest BCUT2D eigenvalue weighted by Crippen LogP contribution is 2.09. The number of hydrogen-bond acceptors (Lipinski definition) is 3.